The molecule has 0 saturated heterocycles. The summed E-state index contributed by atoms with van der Waals surface area (Å²) in [6.07, 6.45) is 0. The lowest BCUT2D eigenvalue weighted by molar-refractivity contribution is 0.352. The minimum absolute atomic E-state index is 0.0974. The maximum atomic E-state index is 6.68. The van der Waals surface area contributed by atoms with Crippen LogP contribution >= 0.6 is 23.2 Å². The summed E-state index contributed by atoms with van der Waals surface area (Å²) in [7, 11) is 3.31. The number of halogens is 2. The fraction of sp³-hybridized carbons (Fsp3) is 0.333. The molecule has 0 N–H and O–H groups in total. The van der Waals surface area contributed by atoms with Crippen LogP contribution in [0.15, 0.2) is 36.4 Å². The third-order valence-corrected chi connectivity index (χ3v) is 6.04. The first kappa shape index (κ1) is 14.2. The van der Waals surface area contributed by atoms with Crippen molar-refractivity contribution in [1.29, 1.82) is 0 Å². The fourth-order valence-corrected chi connectivity index (χ4v) is 4.75. The summed E-state index contributed by atoms with van der Waals surface area (Å²) in [5, 5.41) is -0.237. The molecule has 22 heavy (non-hydrogen) atoms. The van der Waals surface area contributed by atoms with Gasteiger partial charge in [-0.1, -0.05) is 24.3 Å². The first-order valence-electron chi connectivity index (χ1n) is 7.30. The zero-order valence-electron chi connectivity index (χ0n) is 12.3. The molecule has 0 heterocycles. The van der Waals surface area contributed by atoms with Gasteiger partial charge in [-0.25, -0.2) is 0 Å². The van der Waals surface area contributed by atoms with Gasteiger partial charge in [0, 0.05) is 11.8 Å². The smallest absolute Gasteiger partial charge is 0.161 e. The van der Waals surface area contributed by atoms with Gasteiger partial charge in [-0.15, -0.1) is 23.2 Å². The van der Waals surface area contributed by atoms with Crippen LogP contribution in [0.25, 0.3) is 0 Å². The zero-order valence-corrected chi connectivity index (χ0v) is 13.9. The Morgan fingerprint density at radius 1 is 0.727 bits per heavy atom. The summed E-state index contributed by atoms with van der Waals surface area (Å²) in [5.74, 6) is 1.67. The van der Waals surface area contributed by atoms with E-state index in [1.54, 1.807) is 14.2 Å². The minimum atomic E-state index is -0.118. The van der Waals surface area contributed by atoms with Crippen molar-refractivity contribution in [1.82, 2.24) is 0 Å². The lowest BCUT2D eigenvalue weighted by Crippen LogP contribution is -2.41. The van der Waals surface area contributed by atoms with Gasteiger partial charge in [0.15, 0.2) is 11.5 Å². The lowest BCUT2D eigenvalue weighted by Gasteiger charge is -2.46. The minimum Gasteiger partial charge on any atom is -0.493 e. The van der Waals surface area contributed by atoms with Crippen molar-refractivity contribution in [3.8, 4) is 11.5 Å². The molecule has 0 unspecified atom stereocenters. The molecular formula is C18H16Cl2O2. The van der Waals surface area contributed by atoms with Crippen molar-refractivity contribution in [2.75, 3.05) is 14.2 Å². The van der Waals surface area contributed by atoms with Gasteiger partial charge in [0.1, 0.15) is 0 Å². The number of hydrogen-bond acceptors (Lipinski definition) is 2. The van der Waals surface area contributed by atoms with E-state index in [0.29, 0.717) is 0 Å². The van der Waals surface area contributed by atoms with E-state index in [0.717, 1.165) is 11.5 Å². The second-order valence-electron chi connectivity index (χ2n) is 5.81. The SMILES string of the molecule is COc1cc2c(cc1OC)[C@H]1c3ccccc3[C@H]2[C@H](Cl)[C@H]1Cl. The van der Waals surface area contributed by atoms with E-state index < -0.39 is 0 Å². The van der Waals surface area contributed by atoms with Crippen LogP contribution < -0.4 is 9.47 Å². The Kier molecular flexibility index (Phi) is 3.28. The van der Waals surface area contributed by atoms with Gasteiger partial charge in [0.25, 0.3) is 0 Å². The van der Waals surface area contributed by atoms with E-state index in [1.807, 2.05) is 0 Å². The van der Waals surface area contributed by atoms with Crippen molar-refractivity contribution >= 4 is 23.2 Å². The van der Waals surface area contributed by atoms with Gasteiger partial charge in [0.2, 0.25) is 0 Å². The second-order valence-corrected chi connectivity index (χ2v) is 6.82. The molecule has 0 radical (unpaired) electrons. The number of alkyl halides is 2. The van der Waals surface area contributed by atoms with E-state index in [1.165, 1.54) is 22.3 Å². The van der Waals surface area contributed by atoms with Crippen molar-refractivity contribution < 1.29 is 9.47 Å². The number of hydrogen-bond donors (Lipinski definition) is 0. The van der Waals surface area contributed by atoms with Gasteiger partial charge in [-0.05, 0) is 34.4 Å². The maximum absolute atomic E-state index is 6.68. The Bertz CT molecular complexity index is 682. The molecule has 0 spiro atoms. The average Bonchev–Trinajstić information content (AvgIpc) is 2.56. The quantitative estimate of drug-likeness (QED) is 0.752. The summed E-state index contributed by atoms with van der Waals surface area (Å²) in [6, 6.07) is 12.6. The molecule has 0 fully saturated rings. The molecule has 4 atom stereocenters. The topological polar surface area (TPSA) is 18.5 Å². The molecule has 2 nitrogen and oxygen atoms in total. The fourth-order valence-electron chi connectivity index (χ4n) is 3.92. The largest absolute Gasteiger partial charge is 0.493 e. The standard InChI is InChI=1S/C18H16Cl2O2/c1-21-13-7-11-12(8-14(13)22-2)16-10-6-4-3-5-9(10)15(11)17(19)18(16)20/h3-8,15-18H,1-2H3/t15-,16-,17+,18+/m1/s1. The number of rotatable bonds is 2. The molecule has 3 aliphatic rings. The van der Waals surface area contributed by atoms with E-state index in [2.05, 4.69) is 36.4 Å². The average molecular weight is 335 g/mol. The number of fused-ring (bicyclic) bond motifs is 1. The molecule has 0 amide bonds. The van der Waals surface area contributed by atoms with Gasteiger partial charge in [-0.3, -0.25) is 0 Å². The maximum Gasteiger partial charge on any atom is 0.161 e. The normalized spacial score (nSPS) is 28.0. The highest BCUT2D eigenvalue weighted by molar-refractivity contribution is 6.31. The number of methoxy groups -OCH3 is 2. The van der Waals surface area contributed by atoms with Crippen LogP contribution in [0.5, 0.6) is 11.5 Å². The predicted octanol–water partition coefficient (Wildman–Crippen LogP) is 4.51. The number of benzene rings is 2. The molecule has 5 rings (SSSR count). The first-order valence-corrected chi connectivity index (χ1v) is 8.17. The van der Waals surface area contributed by atoms with Gasteiger partial charge < -0.3 is 9.47 Å². The summed E-state index contributed by atoms with van der Waals surface area (Å²) < 4.78 is 10.9. The van der Waals surface area contributed by atoms with Crippen molar-refractivity contribution in [3.05, 3.63) is 58.7 Å². The summed E-state index contributed by atoms with van der Waals surface area (Å²) in [4.78, 5) is 0. The molecule has 2 aromatic carbocycles. The predicted molar refractivity (Wildman–Crippen MR) is 89.0 cm³/mol. The Labute approximate surface area is 140 Å². The van der Waals surface area contributed by atoms with Crippen LogP contribution in [0.2, 0.25) is 0 Å². The van der Waals surface area contributed by atoms with Crippen LogP contribution in [-0.4, -0.2) is 25.0 Å². The third kappa shape index (κ3) is 1.74. The monoisotopic (exact) mass is 334 g/mol. The molecule has 2 bridgehead atoms. The van der Waals surface area contributed by atoms with Gasteiger partial charge >= 0.3 is 0 Å². The van der Waals surface area contributed by atoms with Crippen molar-refractivity contribution in [2.24, 2.45) is 0 Å². The molecule has 0 aliphatic heterocycles. The molecule has 114 valence electrons. The molecular weight excluding hydrogens is 319 g/mol. The molecule has 3 aliphatic carbocycles. The lowest BCUT2D eigenvalue weighted by atomic mass is 9.63. The summed E-state index contributed by atoms with van der Waals surface area (Å²) in [5.41, 5.74) is 4.98. The van der Waals surface area contributed by atoms with Crippen molar-refractivity contribution in [3.63, 3.8) is 0 Å². The van der Waals surface area contributed by atoms with E-state index in [9.17, 15) is 0 Å². The molecule has 0 aromatic heterocycles. The molecule has 2 aromatic rings. The highest BCUT2D eigenvalue weighted by Gasteiger charge is 2.48. The Morgan fingerprint density at radius 3 is 1.50 bits per heavy atom. The second kappa shape index (κ2) is 5.07. The van der Waals surface area contributed by atoms with Crippen LogP contribution in [0.4, 0.5) is 0 Å². The van der Waals surface area contributed by atoms with E-state index in [4.69, 9.17) is 32.7 Å². The highest BCUT2D eigenvalue weighted by Crippen LogP contribution is 2.57. The Balaban J connectivity index is 2.00. The third-order valence-electron chi connectivity index (χ3n) is 4.87. The van der Waals surface area contributed by atoms with Crippen LogP contribution in [0.3, 0.4) is 0 Å². The van der Waals surface area contributed by atoms with Crippen molar-refractivity contribution in [2.45, 2.75) is 22.6 Å². The van der Waals surface area contributed by atoms with Gasteiger partial charge in [0.05, 0.1) is 25.0 Å². The zero-order chi connectivity index (χ0) is 15.4. The summed E-state index contributed by atoms with van der Waals surface area (Å²) in [6.45, 7) is 0. The van der Waals surface area contributed by atoms with Crippen LogP contribution in [-0.2, 0) is 0 Å². The first-order chi connectivity index (χ1) is 10.7. The van der Waals surface area contributed by atoms with Crippen LogP contribution in [0, 0.1) is 0 Å². The van der Waals surface area contributed by atoms with Crippen LogP contribution in [0.1, 0.15) is 34.1 Å². The highest BCUT2D eigenvalue weighted by atomic mass is 35.5. The van der Waals surface area contributed by atoms with E-state index >= 15 is 0 Å². The summed E-state index contributed by atoms with van der Waals surface area (Å²) >= 11 is 13.4. The van der Waals surface area contributed by atoms with E-state index in [-0.39, 0.29) is 22.6 Å². The molecule has 4 heteroatoms. The molecule has 0 saturated carbocycles. The Hall–Kier alpha value is -1.38. The van der Waals surface area contributed by atoms with Gasteiger partial charge in [-0.2, -0.15) is 0 Å². The Morgan fingerprint density at radius 2 is 1.14 bits per heavy atom. The number of ether oxygens (including phenoxy) is 2.